The molecular weight excluding hydrogens is 266 g/mol. The number of para-hydroxylation sites is 1. The van der Waals surface area contributed by atoms with E-state index in [-0.39, 0.29) is 23.6 Å². The zero-order valence-electron chi connectivity index (χ0n) is 11.8. The third kappa shape index (κ3) is 2.37. The summed E-state index contributed by atoms with van der Waals surface area (Å²) < 4.78 is 4.84. The van der Waals surface area contributed by atoms with E-state index in [1.807, 2.05) is 36.4 Å². The van der Waals surface area contributed by atoms with Crippen LogP contribution in [-0.4, -0.2) is 23.8 Å². The van der Waals surface area contributed by atoms with Crippen molar-refractivity contribution in [2.75, 3.05) is 7.11 Å². The van der Waals surface area contributed by atoms with Crippen molar-refractivity contribution in [3.05, 3.63) is 48.2 Å². The van der Waals surface area contributed by atoms with Crippen molar-refractivity contribution in [3.8, 4) is 0 Å². The lowest BCUT2D eigenvalue weighted by Crippen LogP contribution is -2.32. The molecule has 0 fully saturated rings. The average molecular weight is 283 g/mol. The van der Waals surface area contributed by atoms with Crippen LogP contribution >= 0.6 is 0 Å². The van der Waals surface area contributed by atoms with Crippen LogP contribution in [0.3, 0.4) is 0 Å². The van der Waals surface area contributed by atoms with Gasteiger partial charge >= 0.3 is 5.97 Å². The van der Waals surface area contributed by atoms with Crippen molar-refractivity contribution in [2.45, 2.75) is 12.8 Å². The zero-order valence-corrected chi connectivity index (χ0v) is 11.8. The molecule has 2 aromatic rings. The number of hydrogen-bond acceptors (Lipinski definition) is 3. The van der Waals surface area contributed by atoms with Crippen LogP contribution in [0.4, 0.5) is 0 Å². The van der Waals surface area contributed by atoms with Gasteiger partial charge in [0.1, 0.15) is 0 Å². The Bertz CT molecular complexity index is 714. The largest absolute Gasteiger partial charge is 0.469 e. The molecule has 21 heavy (non-hydrogen) atoms. The number of carbonyl (C=O) groups is 2. The number of hydrogen-bond donors (Lipinski definition) is 1. The van der Waals surface area contributed by atoms with Gasteiger partial charge in [-0.1, -0.05) is 30.4 Å². The van der Waals surface area contributed by atoms with Crippen molar-refractivity contribution in [2.24, 2.45) is 11.8 Å². The fourth-order valence-corrected chi connectivity index (χ4v) is 2.99. The number of benzene rings is 1. The average Bonchev–Trinajstić information content (AvgIpc) is 2.97. The Kier molecular flexibility index (Phi) is 3.60. The normalized spacial score (nSPS) is 21.4. The minimum Gasteiger partial charge on any atom is -0.469 e. The Morgan fingerprint density at radius 1 is 1.14 bits per heavy atom. The molecule has 108 valence electrons. The second-order valence-corrected chi connectivity index (χ2v) is 5.29. The molecule has 2 atom stereocenters. The number of ether oxygens (including phenoxy) is 1. The monoisotopic (exact) mass is 283 g/mol. The molecule has 4 nitrogen and oxygen atoms in total. The molecule has 1 N–H and O–H groups in total. The Morgan fingerprint density at radius 3 is 2.62 bits per heavy atom. The van der Waals surface area contributed by atoms with Crippen LogP contribution in [0.5, 0.6) is 0 Å². The Hall–Kier alpha value is -2.36. The number of nitrogens with one attached hydrogen (secondary N) is 1. The number of methoxy groups -OCH3 is 1. The van der Waals surface area contributed by atoms with Crippen LogP contribution in [0.25, 0.3) is 10.9 Å². The van der Waals surface area contributed by atoms with Crippen LogP contribution in [0.2, 0.25) is 0 Å². The molecule has 0 saturated carbocycles. The molecule has 0 spiro atoms. The predicted octanol–water partition coefficient (Wildman–Crippen LogP) is 3.11. The lowest BCUT2D eigenvalue weighted by Gasteiger charge is -2.25. The number of Topliss-reactive ketones (excluding diaryl/α,β-unsaturated/α-hetero) is 1. The number of carbonyl (C=O) groups excluding carboxylic acids is 2. The summed E-state index contributed by atoms with van der Waals surface area (Å²) in [5, 5.41) is 0.903. The fourth-order valence-electron chi connectivity index (χ4n) is 2.99. The van der Waals surface area contributed by atoms with E-state index in [1.165, 1.54) is 7.11 Å². The molecule has 0 aliphatic heterocycles. The number of fused-ring (bicyclic) bond motifs is 1. The second-order valence-electron chi connectivity index (χ2n) is 5.29. The van der Waals surface area contributed by atoms with Gasteiger partial charge in [-0.25, -0.2) is 0 Å². The molecule has 1 aliphatic carbocycles. The number of esters is 1. The molecule has 0 bridgehead atoms. The lowest BCUT2D eigenvalue weighted by molar-refractivity contribution is -0.146. The highest BCUT2D eigenvalue weighted by Crippen LogP contribution is 2.31. The van der Waals surface area contributed by atoms with Crippen molar-refractivity contribution >= 4 is 22.7 Å². The zero-order chi connectivity index (χ0) is 14.8. The molecule has 0 amide bonds. The molecule has 1 aliphatic rings. The van der Waals surface area contributed by atoms with Crippen molar-refractivity contribution in [1.82, 2.24) is 4.98 Å². The SMILES string of the molecule is COC(=O)[C@H]1CC=CC[C@H]1C(=O)c1c[nH]c2ccccc12. The number of aromatic amines is 1. The van der Waals surface area contributed by atoms with Crippen LogP contribution in [0, 0.1) is 11.8 Å². The topological polar surface area (TPSA) is 59.2 Å². The molecule has 0 saturated heterocycles. The number of aromatic nitrogens is 1. The standard InChI is InChI=1S/C17H17NO3/c1-21-17(20)13-8-3-2-7-12(13)16(19)14-10-18-15-9-5-4-6-11(14)15/h2-6,9-10,12-13,18H,7-8H2,1H3/t12-,13+/m1/s1. The second kappa shape index (κ2) is 5.56. The van der Waals surface area contributed by atoms with Crippen LogP contribution in [-0.2, 0) is 9.53 Å². The summed E-state index contributed by atoms with van der Waals surface area (Å²) in [7, 11) is 1.37. The van der Waals surface area contributed by atoms with E-state index in [4.69, 9.17) is 4.74 Å². The van der Waals surface area contributed by atoms with Gasteiger partial charge < -0.3 is 9.72 Å². The van der Waals surface area contributed by atoms with Crippen LogP contribution in [0.1, 0.15) is 23.2 Å². The lowest BCUT2D eigenvalue weighted by atomic mass is 9.78. The third-order valence-electron chi connectivity index (χ3n) is 4.13. The molecule has 0 radical (unpaired) electrons. The first-order valence-corrected chi connectivity index (χ1v) is 7.05. The van der Waals surface area contributed by atoms with Gasteiger partial charge in [-0.05, 0) is 18.9 Å². The summed E-state index contributed by atoms with van der Waals surface area (Å²) >= 11 is 0. The maximum absolute atomic E-state index is 12.8. The van der Waals surface area contributed by atoms with Gasteiger partial charge in [0, 0.05) is 28.6 Å². The predicted molar refractivity (Wildman–Crippen MR) is 80.0 cm³/mol. The molecule has 4 heteroatoms. The van der Waals surface area contributed by atoms with Gasteiger partial charge in [-0.2, -0.15) is 0 Å². The summed E-state index contributed by atoms with van der Waals surface area (Å²) in [6.45, 7) is 0. The van der Waals surface area contributed by atoms with Crippen molar-refractivity contribution < 1.29 is 14.3 Å². The molecule has 0 unspecified atom stereocenters. The Morgan fingerprint density at radius 2 is 1.86 bits per heavy atom. The van der Waals surface area contributed by atoms with Gasteiger partial charge in [0.15, 0.2) is 5.78 Å². The molecule has 1 aromatic carbocycles. The molecule has 1 aromatic heterocycles. The van der Waals surface area contributed by atoms with Gasteiger partial charge in [-0.15, -0.1) is 0 Å². The minimum atomic E-state index is -0.388. The number of allylic oxidation sites excluding steroid dienone is 2. The number of ketones is 1. The van der Waals surface area contributed by atoms with E-state index < -0.39 is 0 Å². The summed E-state index contributed by atoms with van der Waals surface area (Å²) in [4.78, 5) is 27.9. The quantitative estimate of drug-likeness (QED) is 0.535. The van der Waals surface area contributed by atoms with E-state index in [1.54, 1.807) is 6.20 Å². The highest BCUT2D eigenvalue weighted by Gasteiger charge is 2.35. The van der Waals surface area contributed by atoms with Crippen LogP contribution < -0.4 is 0 Å². The van der Waals surface area contributed by atoms with E-state index in [0.29, 0.717) is 18.4 Å². The fraction of sp³-hybridized carbons (Fsp3) is 0.294. The number of H-pyrrole nitrogens is 1. The maximum atomic E-state index is 12.8. The number of rotatable bonds is 3. The highest BCUT2D eigenvalue weighted by atomic mass is 16.5. The Labute approximate surface area is 122 Å². The smallest absolute Gasteiger partial charge is 0.309 e. The molecule has 1 heterocycles. The van der Waals surface area contributed by atoms with E-state index in [0.717, 1.165) is 10.9 Å². The van der Waals surface area contributed by atoms with Gasteiger partial charge in [0.2, 0.25) is 0 Å². The third-order valence-corrected chi connectivity index (χ3v) is 4.13. The highest BCUT2D eigenvalue weighted by molar-refractivity contribution is 6.10. The molecule has 3 rings (SSSR count). The minimum absolute atomic E-state index is 0.00667. The van der Waals surface area contributed by atoms with Crippen molar-refractivity contribution in [1.29, 1.82) is 0 Å². The van der Waals surface area contributed by atoms with Gasteiger partial charge in [0.25, 0.3) is 0 Å². The first-order chi connectivity index (χ1) is 10.2. The van der Waals surface area contributed by atoms with Crippen molar-refractivity contribution in [3.63, 3.8) is 0 Å². The summed E-state index contributed by atoms with van der Waals surface area (Å²) in [5.74, 6) is -1.03. The van der Waals surface area contributed by atoms with Crippen LogP contribution in [0.15, 0.2) is 42.6 Å². The first kappa shape index (κ1) is 13.6. The Balaban J connectivity index is 1.96. The van der Waals surface area contributed by atoms with Gasteiger partial charge in [-0.3, -0.25) is 9.59 Å². The van der Waals surface area contributed by atoms with Gasteiger partial charge in [0.05, 0.1) is 13.0 Å². The first-order valence-electron chi connectivity index (χ1n) is 7.05. The van der Waals surface area contributed by atoms with E-state index in [9.17, 15) is 9.59 Å². The summed E-state index contributed by atoms with van der Waals surface area (Å²) in [6.07, 6.45) is 6.79. The maximum Gasteiger partial charge on any atom is 0.309 e. The summed E-state index contributed by atoms with van der Waals surface area (Å²) in [6, 6.07) is 7.69. The summed E-state index contributed by atoms with van der Waals surface area (Å²) in [5.41, 5.74) is 1.58. The van der Waals surface area contributed by atoms with E-state index in [2.05, 4.69) is 4.98 Å². The molecular formula is C17H17NO3. The van der Waals surface area contributed by atoms with E-state index >= 15 is 0 Å².